The average molecular weight is 406 g/mol. The number of amides is 1. The molecule has 1 aliphatic heterocycles. The van der Waals surface area contributed by atoms with Crippen molar-refractivity contribution in [3.05, 3.63) is 87.6 Å². The Hall–Kier alpha value is -3.32. The standard InChI is InChI=1S/C23H23FN4O2/c1-16-13-21(29)22(26-28(16)20-10-3-2-9-19(20)24)23(30)25-18-8-6-7-17(14-18)15-27-11-4-5-12-27/h2-3,6-10,13-14H,4-5,11-12,15H2,1H3,(H,25,30). The van der Waals surface area contributed by atoms with Gasteiger partial charge in [0.05, 0.1) is 0 Å². The Kier molecular flexibility index (Phi) is 5.72. The largest absolute Gasteiger partial charge is 0.320 e. The number of anilines is 1. The van der Waals surface area contributed by atoms with E-state index in [1.165, 1.54) is 29.7 Å². The summed E-state index contributed by atoms with van der Waals surface area (Å²) in [5.41, 5.74) is 1.51. The van der Waals surface area contributed by atoms with Crippen LogP contribution in [0.1, 0.15) is 34.6 Å². The smallest absolute Gasteiger partial charge is 0.280 e. The van der Waals surface area contributed by atoms with E-state index in [9.17, 15) is 14.0 Å². The Morgan fingerprint density at radius 2 is 1.87 bits per heavy atom. The van der Waals surface area contributed by atoms with Gasteiger partial charge in [0, 0.05) is 24.0 Å². The summed E-state index contributed by atoms with van der Waals surface area (Å²) in [5, 5.41) is 6.90. The molecule has 154 valence electrons. The van der Waals surface area contributed by atoms with Crippen LogP contribution in [-0.2, 0) is 6.54 Å². The maximum absolute atomic E-state index is 14.2. The first-order chi connectivity index (χ1) is 14.5. The Balaban J connectivity index is 1.59. The van der Waals surface area contributed by atoms with Crippen LogP contribution in [0.4, 0.5) is 10.1 Å². The fourth-order valence-electron chi connectivity index (χ4n) is 3.71. The molecule has 0 atom stereocenters. The summed E-state index contributed by atoms with van der Waals surface area (Å²) in [6, 6.07) is 14.9. The lowest BCUT2D eigenvalue weighted by Crippen LogP contribution is -2.27. The number of halogens is 1. The minimum absolute atomic E-state index is 0.177. The number of carbonyl (C=O) groups excluding carboxylic acids is 1. The number of hydrogen-bond acceptors (Lipinski definition) is 4. The van der Waals surface area contributed by atoms with E-state index in [0.29, 0.717) is 11.4 Å². The van der Waals surface area contributed by atoms with Crippen LogP contribution in [-0.4, -0.2) is 33.7 Å². The number of carbonyl (C=O) groups is 1. The van der Waals surface area contributed by atoms with Crippen molar-refractivity contribution in [2.45, 2.75) is 26.3 Å². The number of rotatable bonds is 5. The number of aryl methyl sites for hydroxylation is 1. The van der Waals surface area contributed by atoms with Crippen molar-refractivity contribution in [1.82, 2.24) is 14.7 Å². The molecule has 2 heterocycles. The molecule has 4 rings (SSSR count). The quantitative estimate of drug-likeness (QED) is 0.704. The van der Waals surface area contributed by atoms with Gasteiger partial charge in [-0.25, -0.2) is 9.07 Å². The van der Waals surface area contributed by atoms with Crippen LogP contribution in [0.25, 0.3) is 5.69 Å². The van der Waals surface area contributed by atoms with Crippen molar-refractivity contribution in [2.75, 3.05) is 18.4 Å². The molecular formula is C23H23FN4O2. The van der Waals surface area contributed by atoms with Crippen molar-refractivity contribution in [3.63, 3.8) is 0 Å². The van der Waals surface area contributed by atoms with Gasteiger partial charge in [-0.1, -0.05) is 24.3 Å². The van der Waals surface area contributed by atoms with E-state index in [1.54, 1.807) is 31.2 Å². The highest BCUT2D eigenvalue weighted by Crippen LogP contribution is 2.17. The topological polar surface area (TPSA) is 67.2 Å². The zero-order valence-electron chi connectivity index (χ0n) is 16.8. The maximum Gasteiger partial charge on any atom is 0.280 e. The van der Waals surface area contributed by atoms with E-state index in [4.69, 9.17) is 0 Å². The lowest BCUT2D eigenvalue weighted by molar-refractivity contribution is 0.101. The number of likely N-dealkylation sites (tertiary alicyclic amines) is 1. The molecule has 1 saturated heterocycles. The zero-order chi connectivity index (χ0) is 21.1. The van der Waals surface area contributed by atoms with Gasteiger partial charge >= 0.3 is 0 Å². The minimum Gasteiger partial charge on any atom is -0.320 e. The fourth-order valence-corrected chi connectivity index (χ4v) is 3.71. The van der Waals surface area contributed by atoms with Crippen molar-refractivity contribution >= 4 is 11.6 Å². The molecule has 1 aliphatic rings. The Bertz CT molecular complexity index is 1140. The first-order valence-electron chi connectivity index (χ1n) is 10.00. The van der Waals surface area contributed by atoms with Gasteiger partial charge in [-0.05, 0) is 62.7 Å². The van der Waals surface area contributed by atoms with Crippen LogP contribution >= 0.6 is 0 Å². The molecule has 0 unspecified atom stereocenters. The molecule has 2 aromatic carbocycles. The van der Waals surface area contributed by atoms with E-state index in [1.807, 2.05) is 18.2 Å². The van der Waals surface area contributed by atoms with E-state index < -0.39 is 17.2 Å². The number of hydrogen-bond donors (Lipinski definition) is 1. The van der Waals surface area contributed by atoms with Crippen molar-refractivity contribution < 1.29 is 9.18 Å². The van der Waals surface area contributed by atoms with Crippen LogP contribution in [0.2, 0.25) is 0 Å². The van der Waals surface area contributed by atoms with Gasteiger partial charge in [-0.15, -0.1) is 0 Å². The van der Waals surface area contributed by atoms with E-state index in [-0.39, 0.29) is 11.4 Å². The van der Waals surface area contributed by atoms with Crippen LogP contribution in [0.3, 0.4) is 0 Å². The molecule has 0 saturated carbocycles. The van der Waals surface area contributed by atoms with Crippen molar-refractivity contribution in [2.24, 2.45) is 0 Å². The van der Waals surface area contributed by atoms with Gasteiger partial charge in [0.25, 0.3) is 5.91 Å². The number of benzene rings is 2. The molecule has 6 nitrogen and oxygen atoms in total. The summed E-state index contributed by atoms with van der Waals surface area (Å²) >= 11 is 0. The molecule has 30 heavy (non-hydrogen) atoms. The lowest BCUT2D eigenvalue weighted by atomic mass is 10.2. The monoisotopic (exact) mass is 406 g/mol. The highest BCUT2D eigenvalue weighted by Gasteiger charge is 2.17. The molecule has 1 aromatic heterocycles. The number of aromatic nitrogens is 2. The number of para-hydroxylation sites is 1. The number of nitrogens with one attached hydrogen (secondary N) is 1. The third-order valence-corrected chi connectivity index (χ3v) is 5.19. The van der Waals surface area contributed by atoms with E-state index in [2.05, 4.69) is 15.3 Å². The molecule has 0 radical (unpaired) electrons. The van der Waals surface area contributed by atoms with Crippen LogP contribution in [0, 0.1) is 12.7 Å². The second-order valence-electron chi connectivity index (χ2n) is 7.50. The third kappa shape index (κ3) is 4.31. The summed E-state index contributed by atoms with van der Waals surface area (Å²) in [4.78, 5) is 27.6. The van der Waals surface area contributed by atoms with Crippen LogP contribution in [0.15, 0.2) is 59.4 Å². The first-order valence-corrected chi connectivity index (χ1v) is 10.00. The first kappa shape index (κ1) is 20.0. The van der Waals surface area contributed by atoms with Crippen LogP contribution < -0.4 is 10.7 Å². The summed E-state index contributed by atoms with van der Waals surface area (Å²) in [6.07, 6.45) is 2.42. The average Bonchev–Trinajstić information content (AvgIpc) is 3.22. The third-order valence-electron chi connectivity index (χ3n) is 5.19. The van der Waals surface area contributed by atoms with Gasteiger partial charge in [0.2, 0.25) is 5.43 Å². The zero-order valence-corrected chi connectivity index (χ0v) is 16.8. The van der Waals surface area contributed by atoms with E-state index in [0.717, 1.165) is 25.2 Å². The van der Waals surface area contributed by atoms with Crippen LogP contribution in [0.5, 0.6) is 0 Å². The molecule has 3 aromatic rings. The maximum atomic E-state index is 14.2. The Morgan fingerprint density at radius 1 is 1.10 bits per heavy atom. The predicted octanol–water partition coefficient (Wildman–Crippen LogP) is 3.53. The molecule has 7 heteroatoms. The summed E-state index contributed by atoms with van der Waals surface area (Å²) in [5.74, 6) is -1.11. The fraction of sp³-hybridized carbons (Fsp3) is 0.261. The molecule has 0 aliphatic carbocycles. The molecule has 0 spiro atoms. The molecule has 1 N–H and O–H groups in total. The Morgan fingerprint density at radius 3 is 2.63 bits per heavy atom. The summed E-state index contributed by atoms with van der Waals surface area (Å²) < 4.78 is 15.5. The minimum atomic E-state index is -0.622. The van der Waals surface area contributed by atoms with Gasteiger partial charge < -0.3 is 5.32 Å². The molecule has 0 bridgehead atoms. The van der Waals surface area contributed by atoms with Gasteiger partial charge in [0.1, 0.15) is 11.5 Å². The molecule has 1 amide bonds. The molecular weight excluding hydrogens is 383 g/mol. The highest BCUT2D eigenvalue weighted by molar-refractivity contribution is 6.02. The summed E-state index contributed by atoms with van der Waals surface area (Å²) in [7, 11) is 0. The summed E-state index contributed by atoms with van der Waals surface area (Å²) in [6.45, 7) is 4.63. The van der Waals surface area contributed by atoms with Crippen molar-refractivity contribution in [3.8, 4) is 5.69 Å². The highest BCUT2D eigenvalue weighted by atomic mass is 19.1. The predicted molar refractivity (Wildman–Crippen MR) is 113 cm³/mol. The second-order valence-corrected chi connectivity index (χ2v) is 7.50. The second kappa shape index (κ2) is 8.59. The van der Waals surface area contributed by atoms with Gasteiger partial charge in [-0.2, -0.15) is 5.10 Å². The van der Waals surface area contributed by atoms with Gasteiger partial charge in [-0.3, -0.25) is 14.5 Å². The SMILES string of the molecule is Cc1cc(=O)c(C(=O)Nc2cccc(CN3CCCC3)c2)nn1-c1ccccc1F. The number of nitrogens with zero attached hydrogens (tertiary/aromatic N) is 3. The van der Waals surface area contributed by atoms with Gasteiger partial charge in [0.15, 0.2) is 5.69 Å². The van der Waals surface area contributed by atoms with Crippen molar-refractivity contribution in [1.29, 1.82) is 0 Å². The van der Waals surface area contributed by atoms with E-state index >= 15 is 0 Å². The Labute approximate surface area is 174 Å². The lowest BCUT2D eigenvalue weighted by Gasteiger charge is -2.15. The normalized spacial score (nSPS) is 14.1. The molecule has 1 fully saturated rings.